The maximum Gasteiger partial charge on any atom is 0.338 e. The van der Waals surface area contributed by atoms with Crippen LogP contribution in [0.5, 0.6) is 0 Å². The van der Waals surface area contributed by atoms with Crippen LogP contribution in [-0.2, 0) is 11.2 Å². The minimum atomic E-state index is -0.175. The average molecular weight is 277 g/mol. The fraction of sp³-hybridized carbons (Fsp3) is 0.533. The van der Waals surface area contributed by atoms with Crippen LogP contribution in [0.15, 0.2) is 23.1 Å². The highest BCUT2D eigenvalue weighted by Crippen LogP contribution is 2.50. The SMILES string of the molecule is CCOC(=O)c1cccc2c1CC1(CCNCC1)S2. The first-order chi connectivity index (χ1) is 9.24. The van der Waals surface area contributed by atoms with Crippen LogP contribution in [-0.4, -0.2) is 30.4 Å². The van der Waals surface area contributed by atoms with Crippen molar-refractivity contribution >= 4 is 17.7 Å². The molecule has 0 aromatic heterocycles. The molecule has 0 aliphatic carbocycles. The predicted molar refractivity (Wildman–Crippen MR) is 76.8 cm³/mol. The van der Waals surface area contributed by atoms with E-state index < -0.39 is 0 Å². The third-order valence-corrected chi connectivity index (χ3v) is 5.56. The molecule has 1 saturated heterocycles. The summed E-state index contributed by atoms with van der Waals surface area (Å²) in [5, 5.41) is 3.42. The first-order valence-electron chi connectivity index (χ1n) is 6.93. The molecule has 2 heterocycles. The zero-order valence-electron chi connectivity index (χ0n) is 11.2. The van der Waals surface area contributed by atoms with Crippen molar-refractivity contribution in [2.24, 2.45) is 0 Å². The maximum absolute atomic E-state index is 12.0. The van der Waals surface area contributed by atoms with Gasteiger partial charge in [-0.15, -0.1) is 11.8 Å². The Morgan fingerprint density at radius 1 is 1.42 bits per heavy atom. The summed E-state index contributed by atoms with van der Waals surface area (Å²) in [5.41, 5.74) is 1.97. The Bertz CT molecular complexity index is 495. The van der Waals surface area contributed by atoms with Gasteiger partial charge in [-0.1, -0.05) is 6.07 Å². The Kier molecular flexibility index (Phi) is 3.54. The number of fused-ring (bicyclic) bond motifs is 1. The summed E-state index contributed by atoms with van der Waals surface area (Å²) in [4.78, 5) is 13.3. The molecular weight excluding hydrogens is 258 g/mol. The lowest BCUT2D eigenvalue weighted by Crippen LogP contribution is -2.39. The Morgan fingerprint density at radius 3 is 2.95 bits per heavy atom. The first-order valence-corrected chi connectivity index (χ1v) is 7.74. The molecule has 1 N–H and O–H groups in total. The van der Waals surface area contributed by atoms with E-state index in [1.54, 1.807) is 0 Å². The van der Waals surface area contributed by atoms with E-state index in [9.17, 15) is 4.79 Å². The van der Waals surface area contributed by atoms with Crippen LogP contribution in [0.1, 0.15) is 35.7 Å². The first kappa shape index (κ1) is 13.0. The summed E-state index contributed by atoms with van der Waals surface area (Å²) in [6.07, 6.45) is 3.35. The van der Waals surface area contributed by atoms with Crippen molar-refractivity contribution in [1.82, 2.24) is 5.32 Å². The molecular formula is C15H19NO2S. The molecule has 2 aliphatic heterocycles. The normalized spacial score (nSPS) is 20.3. The van der Waals surface area contributed by atoms with Crippen LogP contribution in [0.3, 0.4) is 0 Å². The number of hydrogen-bond acceptors (Lipinski definition) is 4. The van der Waals surface area contributed by atoms with Gasteiger partial charge in [0.1, 0.15) is 0 Å². The maximum atomic E-state index is 12.0. The van der Waals surface area contributed by atoms with Gasteiger partial charge in [0.15, 0.2) is 0 Å². The summed E-state index contributed by atoms with van der Waals surface area (Å²) in [6.45, 7) is 4.44. The van der Waals surface area contributed by atoms with Gasteiger partial charge >= 0.3 is 5.97 Å². The zero-order valence-corrected chi connectivity index (χ0v) is 12.0. The smallest absolute Gasteiger partial charge is 0.338 e. The Labute approximate surface area is 118 Å². The molecule has 0 bridgehead atoms. The molecule has 0 unspecified atom stereocenters. The van der Waals surface area contributed by atoms with Crippen molar-refractivity contribution in [3.63, 3.8) is 0 Å². The van der Waals surface area contributed by atoms with E-state index >= 15 is 0 Å². The third kappa shape index (κ3) is 2.39. The number of esters is 1. The summed E-state index contributed by atoms with van der Waals surface area (Å²) in [5.74, 6) is -0.175. The molecule has 2 aliphatic rings. The van der Waals surface area contributed by atoms with Gasteiger partial charge in [-0.2, -0.15) is 0 Å². The van der Waals surface area contributed by atoms with Crippen LogP contribution in [0, 0.1) is 0 Å². The molecule has 0 amide bonds. The lowest BCUT2D eigenvalue weighted by atomic mass is 9.88. The standard InChI is InChI=1S/C15H19NO2S/c1-2-18-14(17)11-4-3-5-13-12(11)10-15(19-13)6-8-16-9-7-15/h3-5,16H,2,6-10H2,1H3. The van der Waals surface area contributed by atoms with E-state index in [-0.39, 0.29) is 5.97 Å². The molecule has 3 rings (SSSR count). The lowest BCUT2D eigenvalue weighted by molar-refractivity contribution is 0.0524. The molecule has 1 spiro atoms. The zero-order chi connectivity index (χ0) is 13.3. The highest BCUT2D eigenvalue weighted by Gasteiger charge is 2.40. The molecule has 0 atom stereocenters. The number of rotatable bonds is 2. The van der Waals surface area contributed by atoms with E-state index in [4.69, 9.17) is 4.74 Å². The molecule has 1 aromatic rings. The second kappa shape index (κ2) is 5.17. The van der Waals surface area contributed by atoms with Crippen molar-refractivity contribution in [2.75, 3.05) is 19.7 Å². The number of nitrogens with one attached hydrogen (secondary N) is 1. The predicted octanol–water partition coefficient (Wildman–Crippen LogP) is 2.63. The molecule has 0 radical (unpaired) electrons. The summed E-state index contributed by atoms with van der Waals surface area (Å²) in [7, 11) is 0. The van der Waals surface area contributed by atoms with Crippen molar-refractivity contribution in [3.8, 4) is 0 Å². The molecule has 3 nitrogen and oxygen atoms in total. The van der Waals surface area contributed by atoms with Crippen LogP contribution < -0.4 is 5.32 Å². The minimum absolute atomic E-state index is 0.175. The van der Waals surface area contributed by atoms with E-state index in [2.05, 4.69) is 11.4 Å². The van der Waals surface area contributed by atoms with E-state index in [1.165, 1.54) is 23.3 Å². The van der Waals surface area contributed by atoms with E-state index in [1.807, 2.05) is 30.8 Å². The molecule has 4 heteroatoms. The van der Waals surface area contributed by atoms with Gasteiger partial charge in [-0.3, -0.25) is 0 Å². The van der Waals surface area contributed by atoms with Gasteiger partial charge in [-0.05, 0) is 57.0 Å². The fourth-order valence-corrected chi connectivity index (χ4v) is 4.54. The third-order valence-electron chi connectivity index (χ3n) is 3.97. The summed E-state index contributed by atoms with van der Waals surface area (Å²) >= 11 is 1.96. The molecule has 102 valence electrons. The number of piperidine rings is 1. The molecule has 0 saturated carbocycles. The topological polar surface area (TPSA) is 38.3 Å². The highest BCUT2D eigenvalue weighted by molar-refractivity contribution is 8.01. The van der Waals surface area contributed by atoms with Crippen LogP contribution in [0.2, 0.25) is 0 Å². The number of thioether (sulfide) groups is 1. The van der Waals surface area contributed by atoms with Gasteiger partial charge in [0.05, 0.1) is 12.2 Å². The van der Waals surface area contributed by atoms with Gasteiger partial charge in [0, 0.05) is 9.64 Å². The van der Waals surface area contributed by atoms with Crippen LogP contribution in [0.25, 0.3) is 0 Å². The average Bonchev–Trinajstić information content (AvgIpc) is 2.76. The van der Waals surface area contributed by atoms with Crippen molar-refractivity contribution in [1.29, 1.82) is 0 Å². The van der Waals surface area contributed by atoms with Gasteiger partial charge in [-0.25, -0.2) is 4.79 Å². The van der Waals surface area contributed by atoms with E-state index in [0.29, 0.717) is 11.4 Å². The van der Waals surface area contributed by atoms with Gasteiger partial charge in [0.2, 0.25) is 0 Å². The largest absolute Gasteiger partial charge is 0.462 e. The number of carbonyl (C=O) groups is 1. The number of ether oxygens (including phenoxy) is 1. The lowest BCUT2D eigenvalue weighted by Gasteiger charge is -2.32. The Morgan fingerprint density at radius 2 is 2.21 bits per heavy atom. The second-order valence-corrected chi connectivity index (χ2v) is 6.72. The van der Waals surface area contributed by atoms with Crippen LogP contribution in [0.4, 0.5) is 0 Å². The number of benzene rings is 1. The van der Waals surface area contributed by atoms with Crippen molar-refractivity contribution in [2.45, 2.75) is 35.8 Å². The molecule has 1 aromatic carbocycles. The Hall–Kier alpha value is -1.00. The highest BCUT2D eigenvalue weighted by atomic mass is 32.2. The van der Waals surface area contributed by atoms with Crippen LogP contribution >= 0.6 is 11.8 Å². The summed E-state index contributed by atoms with van der Waals surface area (Å²) in [6, 6.07) is 6.01. The van der Waals surface area contributed by atoms with E-state index in [0.717, 1.165) is 25.1 Å². The second-order valence-electron chi connectivity index (χ2n) is 5.21. The van der Waals surface area contributed by atoms with Crippen molar-refractivity contribution < 1.29 is 9.53 Å². The molecule has 19 heavy (non-hydrogen) atoms. The summed E-state index contributed by atoms with van der Waals surface area (Å²) < 4.78 is 5.47. The Balaban J connectivity index is 1.90. The fourth-order valence-electron chi connectivity index (χ4n) is 3.00. The van der Waals surface area contributed by atoms with Crippen molar-refractivity contribution in [3.05, 3.63) is 29.3 Å². The number of hydrogen-bond donors (Lipinski definition) is 1. The van der Waals surface area contributed by atoms with Gasteiger partial charge < -0.3 is 10.1 Å². The quantitative estimate of drug-likeness (QED) is 0.843. The van der Waals surface area contributed by atoms with Gasteiger partial charge in [0.25, 0.3) is 0 Å². The molecule has 1 fully saturated rings. The minimum Gasteiger partial charge on any atom is -0.462 e. The monoisotopic (exact) mass is 277 g/mol. The number of carbonyl (C=O) groups excluding carboxylic acids is 1.